The van der Waals surface area contributed by atoms with E-state index in [1.165, 1.54) is 6.07 Å². The Morgan fingerprint density at radius 2 is 2.15 bits per heavy atom. The number of thioether (sulfide) groups is 1. The maximum absolute atomic E-state index is 12.2. The van der Waals surface area contributed by atoms with Crippen LogP contribution in [0.15, 0.2) is 46.3 Å². The molecular formula is C17H15N5O4S. The molecule has 9 nitrogen and oxygen atoms in total. The molecule has 1 aromatic carbocycles. The average Bonchev–Trinajstić information content (AvgIpc) is 3.11. The highest BCUT2D eigenvalue weighted by molar-refractivity contribution is 7.99. The van der Waals surface area contributed by atoms with Crippen LogP contribution in [0.4, 0.5) is 11.4 Å². The number of nitro groups is 1. The summed E-state index contributed by atoms with van der Waals surface area (Å²) in [7, 11) is 0. The first kappa shape index (κ1) is 18.5. The molecule has 2 aromatic heterocycles. The molecule has 0 saturated carbocycles. The third kappa shape index (κ3) is 4.47. The Labute approximate surface area is 158 Å². The smallest absolute Gasteiger partial charge is 0.293 e. The van der Waals surface area contributed by atoms with Gasteiger partial charge in [-0.05, 0) is 37.1 Å². The first-order valence-electron chi connectivity index (χ1n) is 7.86. The highest BCUT2D eigenvalue weighted by Gasteiger charge is 2.19. The highest BCUT2D eigenvalue weighted by atomic mass is 32.2. The fraction of sp³-hybridized carbons (Fsp3) is 0.176. The predicted molar refractivity (Wildman–Crippen MR) is 99.5 cm³/mol. The third-order valence-corrected chi connectivity index (χ3v) is 4.38. The number of hydrogen-bond donors (Lipinski definition) is 1. The molecule has 3 aromatic rings. The molecular weight excluding hydrogens is 370 g/mol. The van der Waals surface area contributed by atoms with Gasteiger partial charge in [-0.15, -0.1) is 10.2 Å². The van der Waals surface area contributed by atoms with Gasteiger partial charge in [0.15, 0.2) is 0 Å². The van der Waals surface area contributed by atoms with E-state index in [1.807, 2.05) is 0 Å². The minimum Gasteiger partial charge on any atom is -0.411 e. The fourth-order valence-corrected chi connectivity index (χ4v) is 2.99. The predicted octanol–water partition coefficient (Wildman–Crippen LogP) is 3.39. The van der Waals surface area contributed by atoms with Crippen molar-refractivity contribution < 1.29 is 14.1 Å². The minimum absolute atomic E-state index is 0.0286. The topological polar surface area (TPSA) is 124 Å². The van der Waals surface area contributed by atoms with E-state index in [4.69, 9.17) is 4.42 Å². The number of aryl methyl sites for hydroxylation is 2. The van der Waals surface area contributed by atoms with Gasteiger partial charge in [0.05, 0.1) is 16.2 Å². The van der Waals surface area contributed by atoms with Crippen LogP contribution in [0.1, 0.15) is 11.1 Å². The standard InChI is InChI=1S/C17H15N5O4S/c1-10-6-11(2)15(13(7-10)22(24)25)19-14(23)9-27-17-21-20-16(26-17)12-4-3-5-18-8-12/h3-8H,9H2,1-2H3,(H,19,23). The summed E-state index contributed by atoms with van der Waals surface area (Å²) in [4.78, 5) is 26.9. The third-order valence-electron chi connectivity index (χ3n) is 3.56. The lowest BCUT2D eigenvalue weighted by Crippen LogP contribution is -2.16. The largest absolute Gasteiger partial charge is 0.411 e. The van der Waals surface area contributed by atoms with Gasteiger partial charge >= 0.3 is 0 Å². The molecule has 0 unspecified atom stereocenters. The van der Waals surface area contributed by atoms with E-state index in [1.54, 1.807) is 44.4 Å². The number of rotatable bonds is 6. The van der Waals surface area contributed by atoms with Crippen molar-refractivity contribution in [3.63, 3.8) is 0 Å². The fourth-order valence-electron chi connectivity index (χ4n) is 2.43. The van der Waals surface area contributed by atoms with Gasteiger partial charge in [-0.25, -0.2) is 0 Å². The van der Waals surface area contributed by atoms with Crippen LogP contribution in [0, 0.1) is 24.0 Å². The zero-order valence-electron chi connectivity index (χ0n) is 14.5. The lowest BCUT2D eigenvalue weighted by Gasteiger charge is -2.09. The summed E-state index contributed by atoms with van der Waals surface area (Å²) in [5.74, 6) is -0.133. The van der Waals surface area contributed by atoms with E-state index < -0.39 is 10.8 Å². The zero-order chi connectivity index (χ0) is 19.4. The van der Waals surface area contributed by atoms with Gasteiger partial charge < -0.3 is 9.73 Å². The van der Waals surface area contributed by atoms with Crippen molar-refractivity contribution in [1.82, 2.24) is 15.2 Å². The quantitative estimate of drug-likeness (QED) is 0.389. The molecule has 10 heteroatoms. The maximum atomic E-state index is 12.2. The Bertz CT molecular complexity index is 990. The second-order valence-electron chi connectivity index (χ2n) is 5.68. The van der Waals surface area contributed by atoms with Crippen molar-refractivity contribution in [2.24, 2.45) is 0 Å². The Morgan fingerprint density at radius 1 is 1.33 bits per heavy atom. The van der Waals surface area contributed by atoms with Gasteiger partial charge in [0, 0.05) is 18.5 Å². The summed E-state index contributed by atoms with van der Waals surface area (Å²) >= 11 is 1.04. The SMILES string of the molecule is Cc1cc(C)c(NC(=O)CSc2nnc(-c3cccnc3)o2)c([N+](=O)[O-])c1. The van der Waals surface area contributed by atoms with Crippen molar-refractivity contribution in [1.29, 1.82) is 0 Å². The Hall–Kier alpha value is -3.27. The van der Waals surface area contributed by atoms with E-state index in [9.17, 15) is 14.9 Å². The molecule has 0 atom stereocenters. The molecule has 138 valence electrons. The number of carbonyl (C=O) groups excluding carboxylic acids is 1. The highest BCUT2D eigenvalue weighted by Crippen LogP contribution is 2.30. The van der Waals surface area contributed by atoms with Crippen molar-refractivity contribution in [2.75, 3.05) is 11.1 Å². The van der Waals surface area contributed by atoms with Crippen molar-refractivity contribution in [3.05, 3.63) is 57.9 Å². The number of nitro benzene ring substituents is 1. The minimum atomic E-state index is -0.513. The average molecular weight is 385 g/mol. The van der Waals surface area contributed by atoms with Crippen LogP contribution >= 0.6 is 11.8 Å². The van der Waals surface area contributed by atoms with Crippen molar-refractivity contribution >= 4 is 29.0 Å². The van der Waals surface area contributed by atoms with Gasteiger partial charge in [-0.3, -0.25) is 19.9 Å². The number of hydrogen-bond acceptors (Lipinski definition) is 8. The van der Waals surface area contributed by atoms with E-state index in [-0.39, 0.29) is 22.4 Å². The number of nitrogens with one attached hydrogen (secondary N) is 1. The number of pyridine rings is 1. The summed E-state index contributed by atoms with van der Waals surface area (Å²) in [6.45, 7) is 3.47. The second kappa shape index (κ2) is 7.96. The lowest BCUT2D eigenvalue weighted by atomic mass is 10.1. The molecule has 3 rings (SSSR count). The normalized spacial score (nSPS) is 10.6. The van der Waals surface area contributed by atoms with E-state index in [2.05, 4.69) is 20.5 Å². The molecule has 0 fully saturated rings. The summed E-state index contributed by atoms with van der Waals surface area (Å²) < 4.78 is 5.48. The van der Waals surface area contributed by atoms with Gasteiger partial charge in [0.1, 0.15) is 5.69 Å². The molecule has 0 saturated heterocycles. The number of aromatic nitrogens is 3. The summed E-state index contributed by atoms with van der Waals surface area (Å²) in [5.41, 5.74) is 2.10. The Kier molecular flexibility index (Phi) is 5.46. The maximum Gasteiger partial charge on any atom is 0.293 e. The first-order chi connectivity index (χ1) is 12.9. The summed E-state index contributed by atoms with van der Waals surface area (Å²) in [6.07, 6.45) is 3.22. The van der Waals surface area contributed by atoms with Crippen LogP contribution in [0.5, 0.6) is 0 Å². The molecule has 0 aliphatic heterocycles. The molecule has 2 heterocycles. The zero-order valence-corrected chi connectivity index (χ0v) is 15.3. The van der Waals surface area contributed by atoms with Gasteiger partial charge in [-0.2, -0.15) is 0 Å². The molecule has 0 radical (unpaired) electrons. The van der Waals surface area contributed by atoms with Crippen LogP contribution in [0.25, 0.3) is 11.5 Å². The second-order valence-corrected chi connectivity index (χ2v) is 6.61. The van der Waals surface area contributed by atoms with Gasteiger partial charge in [-0.1, -0.05) is 17.8 Å². The van der Waals surface area contributed by atoms with Crippen LogP contribution in [0.2, 0.25) is 0 Å². The Morgan fingerprint density at radius 3 is 2.85 bits per heavy atom. The Balaban J connectivity index is 1.66. The van der Waals surface area contributed by atoms with E-state index >= 15 is 0 Å². The van der Waals surface area contributed by atoms with Crippen molar-refractivity contribution in [2.45, 2.75) is 19.1 Å². The van der Waals surface area contributed by atoms with E-state index in [0.29, 0.717) is 17.0 Å². The number of benzene rings is 1. The summed E-state index contributed by atoms with van der Waals surface area (Å²) in [6, 6.07) is 6.72. The van der Waals surface area contributed by atoms with Crippen LogP contribution < -0.4 is 5.32 Å². The van der Waals surface area contributed by atoms with Crippen LogP contribution in [-0.2, 0) is 4.79 Å². The summed E-state index contributed by atoms with van der Waals surface area (Å²) in [5, 5.41) is 21.8. The molecule has 1 amide bonds. The molecule has 0 bridgehead atoms. The number of anilines is 1. The monoisotopic (exact) mass is 385 g/mol. The lowest BCUT2D eigenvalue weighted by molar-refractivity contribution is -0.384. The number of nitrogens with zero attached hydrogens (tertiary/aromatic N) is 4. The first-order valence-corrected chi connectivity index (χ1v) is 8.85. The van der Waals surface area contributed by atoms with E-state index in [0.717, 1.165) is 17.3 Å². The number of carbonyl (C=O) groups is 1. The molecule has 0 aliphatic carbocycles. The molecule has 1 N–H and O–H groups in total. The van der Waals surface area contributed by atoms with Gasteiger partial charge in [0.25, 0.3) is 10.9 Å². The van der Waals surface area contributed by atoms with Crippen LogP contribution in [-0.4, -0.2) is 31.8 Å². The molecule has 0 aliphatic rings. The molecule has 0 spiro atoms. The van der Waals surface area contributed by atoms with Crippen molar-refractivity contribution in [3.8, 4) is 11.5 Å². The van der Waals surface area contributed by atoms with Crippen LogP contribution in [0.3, 0.4) is 0 Å². The number of amides is 1. The molecule has 27 heavy (non-hydrogen) atoms. The van der Waals surface area contributed by atoms with Gasteiger partial charge in [0.2, 0.25) is 11.8 Å².